The highest BCUT2D eigenvalue weighted by atomic mass is 16.7. The van der Waals surface area contributed by atoms with Crippen molar-refractivity contribution in [2.45, 2.75) is 19.0 Å². The molecule has 1 saturated heterocycles. The normalized spacial score (nSPS) is 20.2. The highest BCUT2D eigenvalue weighted by Gasteiger charge is 2.49. The lowest BCUT2D eigenvalue weighted by molar-refractivity contribution is -0.131. The Bertz CT molecular complexity index is 1110. The number of nitrogens with one attached hydrogen (secondary N) is 1. The second-order valence-electron chi connectivity index (χ2n) is 7.06. The van der Waals surface area contributed by atoms with Crippen molar-refractivity contribution in [1.29, 1.82) is 0 Å². The average Bonchev–Trinajstić information content (AvgIpc) is 3.44. The summed E-state index contributed by atoms with van der Waals surface area (Å²) in [5.41, 5.74) is 0.771. The van der Waals surface area contributed by atoms with E-state index < -0.39 is 11.6 Å². The molecule has 0 radical (unpaired) electrons. The molecule has 0 aliphatic carbocycles. The van der Waals surface area contributed by atoms with Gasteiger partial charge in [-0.25, -0.2) is 4.79 Å². The van der Waals surface area contributed by atoms with Crippen LogP contribution in [0.25, 0.3) is 11.3 Å². The number of rotatable bonds is 4. The van der Waals surface area contributed by atoms with Crippen molar-refractivity contribution in [2.75, 3.05) is 6.79 Å². The maximum atomic E-state index is 13.1. The van der Waals surface area contributed by atoms with Crippen LogP contribution in [-0.2, 0) is 16.9 Å². The van der Waals surface area contributed by atoms with Crippen molar-refractivity contribution >= 4 is 11.9 Å². The van der Waals surface area contributed by atoms with Gasteiger partial charge in [0.2, 0.25) is 6.79 Å². The monoisotopic (exact) mass is 391 g/mol. The zero-order valence-electron chi connectivity index (χ0n) is 15.5. The largest absolute Gasteiger partial charge is 0.454 e. The van der Waals surface area contributed by atoms with Crippen LogP contribution in [0, 0.1) is 0 Å². The van der Waals surface area contributed by atoms with Gasteiger partial charge in [-0.1, -0.05) is 41.6 Å². The van der Waals surface area contributed by atoms with E-state index in [9.17, 15) is 9.59 Å². The second kappa shape index (κ2) is 6.37. The smallest absolute Gasteiger partial charge is 0.325 e. The van der Waals surface area contributed by atoms with E-state index in [1.54, 1.807) is 31.2 Å². The van der Waals surface area contributed by atoms with Crippen molar-refractivity contribution < 1.29 is 23.6 Å². The van der Waals surface area contributed by atoms with Gasteiger partial charge in [0.1, 0.15) is 11.2 Å². The van der Waals surface area contributed by atoms with E-state index in [0.29, 0.717) is 28.5 Å². The maximum Gasteiger partial charge on any atom is 0.325 e. The van der Waals surface area contributed by atoms with E-state index in [0.717, 1.165) is 10.5 Å². The van der Waals surface area contributed by atoms with Crippen LogP contribution in [0.4, 0.5) is 4.79 Å². The zero-order chi connectivity index (χ0) is 20.0. The van der Waals surface area contributed by atoms with E-state index in [1.807, 2.05) is 30.3 Å². The maximum absolute atomic E-state index is 13.1. The van der Waals surface area contributed by atoms with Gasteiger partial charge in [-0.05, 0) is 24.6 Å². The summed E-state index contributed by atoms with van der Waals surface area (Å²) in [7, 11) is 0. The molecule has 2 aliphatic heterocycles. The van der Waals surface area contributed by atoms with Crippen LogP contribution in [0.2, 0.25) is 0 Å². The number of carbonyl (C=O) groups is 2. The highest BCUT2D eigenvalue weighted by molar-refractivity contribution is 6.07. The molecule has 0 spiro atoms. The molecule has 1 N–H and O–H groups in total. The highest BCUT2D eigenvalue weighted by Crippen LogP contribution is 2.38. The third kappa shape index (κ3) is 2.80. The third-order valence-corrected chi connectivity index (χ3v) is 5.16. The molecule has 0 saturated carbocycles. The van der Waals surface area contributed by atoms with E-state index in [-0.39, 0.29) is 19.2 Å². The van der Waals surface area contributed by atoms with Crippen LogP contribution >= 0.6 is 0 Å². The van der Waals surface area contributed by atoms with Crippen LogP contribution in [0.5, 0.6) is 11.5 Å². The third-order valence-electron chi connectivity index (χ3n) is 5.16. The molecule has 146 valence electrons. The molecule has 8 nitrogen and oxygen atoms in total. The molecule has 0 unspecified atom stereocenters. The molecule has 3 amide bonds. The van der Waals surface area contributed by atoms with Gasteiger partial charge in [0.05, 0.1) is 6.54 Å². The molecule has 1 aromatic heterocycles. The summed E-state index contributed by atoms with van der Waals surface area (Å²) >= 11 is 0. The number of nitrogens with zero attached hydrogens (tertiary/aromatic N) is 2. The molecule has 3 aromatic rings. The number of carbonyl (C=O) groups excluding carboxylic acids is 2. The summed E-state index contributed by atoms with van der Waals surface area (Å²) in [5, 5.41) is 6.79. The van der Waals surface area contributed by atoms with Gasteiger partial charge < -0.3 is 19.3 Å². The SMILES string of the molecule is C[C@]1(c2ccc3c(c2)OCO3)NC(=O)N(Cc2cc(-c3ccccc3)on2)C1=O. The Morgan fingerprint density at radius 1 is 1.07 bits per heavy atom. The molecule has 0 bridgehead atoms. The lowest BCUT2D eigenvalue weighted by atomic mass is 9.91. The molecular formula is C21H17N3O5. The lowest BCUT2D eigenvalue weighted by Crippen LogP contribution is -2.40. The molecule has 29 heavy (non-hydrogen) atoms. The van der Waals surface area contributed by atoms with Crippen LogP contribution < -0.4 is 14.8 Å². The van der Waals surface area contributed by atoms with Crippen LogP contribution in [0.15, 0.2) is 59.1 Å². The fourth-order valence-electron chi connectivity index (χ4n) is 3.53. The predicted octanol–water partition coefficient (Wildman–Crippen LogP) is 3.04. The Morgan fingerprint density at radius 2 is 1.86 bits per heavy atom. The molecule has 3 heterocycles. The standard InChI is InChI=1S/C21H17N3O5/c1-21(14-7-8-16-18(9-14)28-12-27-16)19(25)24(20(26)22-21)11-15-10-17(29-23-15)13-5-3-2-4-6-13/h2-10H,11-12H2,1H3,(H,22,26)/t21-/m1/s1. The fourth-order valence-corrected chi connectivity index (χ4v) is 3.53. The number of fused-ring (bicyclic) bond motifs is 1. The zero-order valence-corrected chi connectivity index (χ0v) is 15.5. The molecule has 2 aromatic carbocycles. The Balaban J connectivity index is 1.39. The summed E-state index contributed by atoms with van der Waals surface area (Å²) in [6.45, 7) is 1.82. The van der Waals surface area contributed by atoms with Gasteiger partial charge in [0, 0.05) is 11.6 Å². The van der Waals surface area contributed by atoms with Gasteiger partial charge in [-0.2, -0.15) is 0 Å². The summed E-state index contributed by atoms with van der Waals surface area (Å²) < 4.78 is 16.1. The first-order valence-corrected chi connectivity index (χ1v) is 9.10. The fraction of sp³-hybridized carbons (Fsp3) is 0.190. The van der Waals surface area contributed by atoms with Crippen molar-refractivity contribution in [3.05, 3.63) is 65.9 Å². The van der Waals surface area contributed by atoms with Gasteiger partial charge in [0.15, 0.2) is 17.3 Å². The number of hydrogen-bond acceptors (Lipinski definition) is 6. The second-order valence-corrected chi connectivity index (χ2v) is 7.06. The Labute approximate surface area is 166 Å². The van der Waals surface area contributed by atoms with E-state index >= 15 is 0 Å². The molecule has 5 rings (SSSR count). The van der Waals surface area contributed by atoms with Crippen LogP contribution in [0.3, 0.4) is 0 Å². The van der Waals surface area contributed by atoms with Crippen molar-refractivity contribution in [3.8, 4) is 22.8 Å². The predicted molar refractivity (Wildman–Crippen MR) is 101 cm³/mol. The number of ether oxygens (including phenoxy) is 2. The topological polar surface area (TPSA) is 93.9 Å². The summed E-state index contributed by atoms with van der Waals surface area (Å²) in [5.74, 6) is 1.37. The lowest BCUT2D eigenvalue weighted by Gasteiger charge is -2.22. The number of hydrogen-bond donors (Lipinski definition) is 1. The molecular weight excluding hydrogens is 374 g/mol. The van der Waals surface area contributed by atoms with Crippen molar-refractivity contribution in [3.63, 3.8) is 0 Å². The minimum absolute atomic E-state index is 0.0150. The first-order valence-electron chi connectivity index (χ1n) is 9.10. The molecule has 1 fully saturated rings. The van der Waals surface area contributed by atoms with E-state index in [2.05, 4.69) is 10.5 Å². The van der Waals surface area contributed by atoms with Gasteiger partial charge >= 0.3 is 6.03 Å². The van der Waals surface area contributed by atoms with Crippen molar-refractivity contribution in [2.24, 2.45) is 0 Å². The number of aromatic nitrogens is 1. The Hall–Kier alpha value is -3.81. The number of imide groups is 1. The minimum atomic E-state index is -1.20. The number of benzene rings is 2. The molecule has 1 atom stereocenters. The summed E-state index contributed by atoms with van der Waals surface area (Å²) in [6, 6.07) is 15.9. The Morgan fingerprint density at radius 3 is 2.69 bits per heavy atom. The Kier molecular flexibility index (Phi) is 3.80. The van der Waals surface area contributed by atoms with E-state index in [4.69, 9.17) is 14.0 Å². The van der Waals surface area contributed by atoms with Crippen LogP contribution in [0.1, 0.15) is 18.2 Å². The average molecular weight is 391 g/mol. The van der Waals surface area contributed by atoms with Gasteiger partial charge in [-0.15, -0.1) is 0 Å². The van der Waals surface area contributed by atoms with Crippen molar-refractivity contribution in [1.82, 2.24) is 15.4 Å². The first-order chi connectivity index (χ1) is 14.0. The quantitative estimate of drug-likeness (QED) is 0.687. The number of urea groups is 1. The van der Waals surface area contributed by atoms with E-state index in [1.165, 1.54) is 0 Å². The first kappa shape index (κ1) is 17.3. The molecule has 8 heteroatoms. The van der Waals surface area contributed by atoms with Gasteiger partial charge in [-0.3, -0.25) is 9.69 Å². The number of amides is 3. The minimum Gasteiger partial charge on any atom is -0.454 e. The van der Waals surface area contributed by atoms with Crippen LogP contribution in [-0.4, -0.2) is 28.8 Å². The molecule has 2 aliphatic rings. The van der Waals surface area contributed by atoms with Gasteiger partial charge in [0.25, 0.3) is 5.91 Å². The summed E-state index contributed by atoms with van der Waals surface area (Å²) in [6.07, 6.45) is 0. The summed E-state index contributed by atoms with van der Waals surface area (Å²) in [4.78, 5) is 26.8.